The number of carbonyl (C=O) groups excluding carboxylic acids is 2. The van der Waals surface area contributed by atoms with Crippen LogP contribution in [0.15, 0.2) is 72.3 Å². The maximum Gasteiger partial charge on any atom is 0.282 e. The summed E-state index contributed by atoms with van der Waals surface area (Å²) < 4.78 is 11.2. The molecule has 3 aromatic carbocycles. The normalized spacial score (nSPS) is 14.3. The van der Waals surface area contributed by atoms with Crippen LogP contribution in [0.1, 0.15) is 11.1 Å². The first-order valence-electron chi connectivity index (χ1n) is 10.0. The fraction of sp³-hybridized carbons (Fsp3) is 0.0833. The number of hydrogen-bond acceptors (Lipinski definition) is 6. The number of halogens is 1. The van der Waals surface area contributed by atoms with E-state index in [9.17, 15) is 19.7 Å². The van der Waals surface area contributed by atoms with Gasteiger partial charge in [-0.3, -0.25) is 25.1 Å². The summed E-state index contributed by atoms with van der Waals surface area (Å²) in [5, 5.41) is 12.2. The minimum atomic E-state index is -0.539. The SMILES string of the molecule is COc1cc(C=C2C(=O)NN(c3ccccc3)C2=O)cc(Cl)c1OCc1ccc([N+](=O)[O-])cc1. The van der Waals surface area contributed by atoms with Gasteiger partial charge in [0.05, 0.1) is 22.7 Å². The van der Waals surface area contributed by atoms with Gasteiger partial charge in [0.2, 0.25) is 0 Å². The van der Waals surface area contributed by atoms with E-state index < -0.39 is 16.7 Å². The summed E-state index contributed by atoms with van der Waals surface area (Å²) in [4.78, 5) is 35.5. The number of anilines is 1. The summed E-state index contributed by atoms with van der Waals surface area (Å²) in [6.07, 6.45) is 1.43. The van der Waals surface area contributed by atoms with Gasteiger partial charge in [0.1, 0.15) is 12.2 Å². The van der Waals surface area contributed by atoms with Crippen LogP contribution in [-0.4, -0.2) is 23.8 Å². The lowest BCUT2D eigenvalue weighted by molar-refractivity contribution is -0.384. The molecule has 10 heteroatoms. The van der Waals surface area contributed by atoms with Gasteiger partial charge in [-0.2, -0.15) is 0 Å². The van der Waals surface area contributed by atoms with E-state index in [0.717, 1.165) is 0 Å². The third-order valence-electron chi connectivity index (χ3n) is 5.00. The molecule has 0 radical (unpaired) electrons. The van der Waals surface area contributed by atoms with E-state index in [0.29, 0.717) is 22.6 Å². The van der Waals surface area contributed by atoms with Crippen LogP contribution in [0.5, 0.6) is 11.5 Å². The number of nitrogens with zero attached hydrogens (tertiary/aromatic N) is 2. The van der Waals surface area contributed by atoms with Crippen molar-refractivity contribution >= 4 is 40.9 Å². The van der Waals surface area contributed by atoms with Gasteiger partial charge in [0, 0.05) is 12.1 Å². The molecule has 0 saturated carbocycles. The molecule has 9 nitrogen and oxygen atoms in total. The van der Waals surface area contributed by atoms with Crippen LogP contribution in [0.2, 0.25) is 5.02 Å². The lowest BCUT2D eigenvalue weighted by Crippen LogP contribution is -2.35. The number of benzene rings is 3. The Kier molecular flexibility index (Phi) is 6.46. The molecule has 0 aromatic heterocycles. The number of amides is 2. The van der Waals surface area contributed by atoms with Crippen molar-refractivity contribution in [1.29, 1.82) is 0 Å². The third kappa shape index (κ3) is 4.69. The molecule has 1 aliphatic heterocycles. The number of nitro groups is 1. The highest BCUT2D eigenvalue weighted by molar-refractivity contribution is 6.33. The minimum absolute atomic E-state index is 0.0203. The van der Waals surface area contributed by atoms with Gasteiger partial charge in [0.25, 0.3) is 17.5 Å². The van der Waals surface area contributed by atoms with Crippen molar-refractivity contribution in [1.82, 2.24) is 5.43 Å². The second kappa shape index (κ2) is 9.63. The van der Waals surface area contributed by atoms with E-state index in [2.05, 4.69) is 5.43 Å². The Bertz CT molecular complexity index is 1290. The van der Waals surface area contributed by atoms with Crippen molar-refractivity contribution in [2.75, 3.05) is 12.1 Å². The lowest BCUT2D eigenvalue weighted by atomic mass is 10.1. The van der Waals surface area contributed by atoms with Gasteiger partial charge in [-0.1, -0.05) is 29.8 Å². The molecule has 1 saturated heterocycles. The number of non-ortho nitro benzene ring substituents is 1. The number of nitro benzene ring substituents is 1. The smallest absolute Gasteiger partial charge is 0.282 e. The number of carbonyl (C=O) groups is 2. The molecular formula is C24H18ClN3O6. The highest BCUT2D eigenvalue weighted by Crippen LogP contribution is 2.38. The van der Waals surface area contributed by atoms with Crippen LogP contribution in [0.4, 0.5) is 11.4 Å². The van der Waals surface area contributed by atoms with Crippen molar-refractivity contribution in [2.45, 2.75) is 6.61 Å². The Morgan fingerprint density at radius 1 is 1.09 bits per heavy atom. The number of para-hydroxylation sites is 1. The first-order valence-corrected chi connectivity index (χ1v) is 10.4. The average molecular weight is 480 g/mol. The predicted molar refractivity (Wildman–Crippen MR) is 125 cm³/mol. The molecular weight excluding hydrogens is 462 g/mol. The van der Waals surface area contributed by atoms with E-state index in [4.69, 9.17) is 21.1 Å². The maximum atomic E-state index is 12.8. The van der Waals surface area contributed by atoms with E-state index in [1.807, 2.05) is 6.07 Å². The Labute approximate surface area is 199 Å². The quantitative estimate of drug-likeness (QED) is 0.234. The number of hydrogen-bond donors (Lipinski definition) is 1. The van der Waals surface area contributed by atoms with E-state index in [1.165, 1.54) is 30.3 Å². The van der Waals surface area contributed by atoms with Gasteiger partial charge in [0.15, 0.2) is 11.5 Å². The topological polar surface area (TPSA) is 111 Å². The van der Waals surface area contributed by atoms with Gasteiger partial charge < -0.3 is 9.47 Å². The molecule has 172 valence electrons. The number of ether oxygens (including phenoxy) is 2. The summed E-state index contributed by atoms with van der Waals surface area (Å²) in [6, 6.07) is 17.8. The van der Waals surface area contributed by atoms with Crippen LogP contribution in [-0.2, 0) is 16.2 Å². The van der Waals surface area contributed by atoms with Gasteiger partial charge in [-0.25, -0.2) is 5.01 Å². The molecule has 1 N–H and O–H groups in total. The fourth-order valence-electron chi connectivity index (χ4n) is 3.32. The minimum Gasteiger partial charge on any atom is -0.493 e. The van der Waals surface area contributed by atoms with Gasteiger partial charge >= 0.3 is 0 Å². The molecule has 0 atom stereocenters. The summed E-state index contributed by atoms with van der Waals surface area (Å²) >= 11 is 6.41. The zero-order valence-corrected chi connectivity index (χ0v) is 18.6. The van der Waals surface area contributed by atoms with Crippen molar-refractivity contribution in [3.63, 3.8) is 0 Å². The second-order valence-corrected chi connectivity index (χ2v) is 7.63. The van der Waals surface area contributed by atoms with Gasteiger partial charge in [-0.15, -0.1) is 0 Å². The Morgan fingerprint density at radius 2 is 1.79 bits per heavy atom. The highest BCUT2D eigenvalue weighted by atomic mass is 35.5. The van der Waals surface area contributed by atoms with E-state index >= 15 is 0 Å². The Hall–Kier alpha value is -4.37. The first-order chi connectivity index (χ1) is 16.4. The molecule has 3 aromatic rings. The first kappa shape index (κ1) is 22.8. The zero-order chi connectivity index (χ0) is 24.2. The highest BCUT2D eigenvalue weighted by Gasteiger charge is 2.34. The molecule has 0 spiro atoms. The van der Waals surface area contributed by atoms with Crippen molar-refractivity contribution < 1.29 is 24.0 Å². The largest absolute Gasteiger partial charge is 0.493 e. The molecule has 2 amide bonds. The number of hydrazine groups is 1. The average Bonchev–Trinajstić information content (AvgIpc) is 3.12. The Balaban J connectivity index is 1.55. The lowest BCUT2D eigenvalue weighted by Gasteiger charge is -2.14. The predicted octanol–water partition coefficient (Wildman–Crippen LogP) is 4.30. The summed E-state index contributed by atoms with van der Waals surface area (Å²) in [6.45, 7) is 0.0986. The second-order valence-electron chi connectivity index (χ2n) is 7.22. The molecule has 34 heavy (non-hydrogen) atoms. The van der Waals surface area contributed by atoms with E-state index in [1.54, 1.807) is 48.5 Å². The summed E-state index contributed by atoms with van der Waals surface area (Å²) in [7, 11) is 1.44. The molecule has 1 fully saturated rings. The van der Waals surface area contributed by atoms with Crippen LogP contribution >= 0.6 is 11.6 Å². The van der Waals surface area contributed by atoms with Crippen LogP contribution in [0.3, 0.4) is 0 Å². The number of rotatable bonds is 7. The molecule has 1 heterocycles. The molecule has 0 bridgehead atoms. The number of nitrogens with one attached hydrogen (secondary N) is 1. The third-order valence-corrected chi connectivity index (χ3v) is 5.28. The monoisotopic (exact) mass is 479 g/mol. The molecule has 4 rings (SSSR count). The maximum absolute atomic E-state index is 12.8. The van der Waals surface area contributed by atoms with Crippen LogP contribution in [0.25, 0.3) is 6.08 Å². The van der Waals surface area contributed by atoms with Crippen molar-refractivity contribution in [2.24, 2.45) is 0 Å². The summed E-state index contributed by atoms with van der Waals surface area (Å²) in [5.41, 5.74) is 4.17. The Morgan fingerprint density at radius 3 is 2.44 bits per heavy atom. The molecule has 1 aliphatic rings. The zero-order valence-electron chi connectivity index (χ0n) is 17.9. The standard InChI is InChI=1S/C24H18ClN3O6/c1-33-21-13-16(11-19-23(29)26-27(24(19)30)17-5-3-2-4-6-17)12-20(25)22(21)34-14-15-7-9-18(10-8-15)28(31)32/h2-13H,14H2,1H3,(H,26,29). The van der Waals surface area contributed by atoms with Crippen molar-refractivity contribution in [3.05, 3.63) is 98.6 Å². The van der Waals surface area contributed by atoms with Crippen LogP contribution in [0, 0.1) is 10.1 Å². The fourth-order valence-corrected chi connectivity index (χ4v) is 3.59. The van der Waals surface area contributed by atoms with Crippen molar-refractivity contribution in [3.8, 4) is 11.5 Å². The van der Waals surface area contributed by atoms with Gasteiger partial charge in [-0.05, 0) is 53.6 Å². The molecule has 0 unspecified atom stereocenters. The van der Waals surface area contributed by atoms with E-state index in [-0.39, 0.29) is 28.6 Å². The van der Waals surface area contributed by atoms with Crippen LogP contribution < -0.4 is 19.9 Å². The number of methoxy groups -OCH3 is 1. The summed E-state index contributed by atoms with van der Waals surface area (Å²) in [5.74, 6) is -0.475. The molecule has 0 aliphatic carbocycles.